The predicted octanol–water partition coefficient (Wildman–Crippen LogP) is 3.02. The maximum absolute atomic E-state index is 12.3. The quantitative estimate of drug-likeness (QED) is 0.527. The average molecular weight is 487 g/mol. The van der Waals surface area contributed by atoms with Gasteiger partial charge in [-0.1, -0.05) is 41.7 Å². The molecule has 1 amide bonds. The first-order valence-corrected chi connectivity index (χ1v) is 13.7. The van der Waals surface area contributed by atoms with Crippen LogP contribution >= 0.6 is 11.3 Å². The van der Waals surface area contributed by atoms with Crippen molar-refractivity contribution in [1.29, 1.82) is 0 Å². The number of hydrogen-bond donors (Lipinski definition) is 1. The summed E-state index contributed by atoms with van der Waals surface area (Å²) < 4.78 is 25.9. The molecular weight excluding hydrogens is 456 g/mol. The molecule has 1 fully saturated rings. The third kappa shape index (κ3) is 5.72. The first-order chi connectivity index (χ1) is 15.8. The highest BCUT2D eigenvalue weighted by atomic mass is 32.2. The monoisotopic (exact) mass is 486 g/mol. The topological polar surface area (TPSA) is 82.6 Å². The van der Waals surface area contributed by atoms with Gasteiger partial charge in [-0.2, -0.15) is 0 Å². The fourth-order valence-corrected chi connectivity index (χ4v) is 6.39. The van der Waals surface area contributed by atoms with E-state index in [0.29, 0.717) is 6.54 Å². The number of fused-ring (bicyclic) bond motifs is 1. The molecule has 3 aromatic rings. The number of carbonyl (C=O) groups is 1. The lowest BCUT2D eigenvalue weighted by Gasteiger charge is -2.34. The number of anilines is 1. The Labute approximate surface area is 199 Å². The molecule has 0 bridgehead atoms. The van der Waals surface area contributed by atoms with Gasteiger partial charge in [-0.3, -0.25) is 9.69 Å². The number of aromatic nitrogens is 1. The molecule has 1 saturated heterocycles. The van der Waals surface area contributed by atoms with Gasteiger partial charge in [-0.15, -0.1) is 0 Å². The van der Waals surface area contributed by atoms with Crippen LogP contribution in [-0.2, 0) is 14.6 Å². The third-order valence-electron chi connectivity index (χ3n) is 6.02. The van der Waals surface area contributed by atoms with E-state index in [4.69, 9.17) is 4.98 Å². The number of hydrogen-bond acceptors (Lipinski definition) is 7. The van der Waals surface area contributed by atoms with Gasteiger partial charge in [-0.25, -0.2) is 13.4 Å². The summed E-state index contributed by atoms with van der Waals surface area (Å²) in [6, 6.07) is 12.5. The maximum atomic E-state index is 12.3. The van der Waals surface area contributed by atoms with Gasteiger partial charge in [0.25, 0.3) is 0 Å². The van der Waals surface area contributed by atoms with E-state index >= 15 is 0 Å². The van der Waals surface area contributed by atoms with Crippen molar-refractivity contribution in [2.75, 3.05) is 49.9 Å². The summed E-state index contributed by atoms with van der Waals surface area (Å²) in [5, 5.41) is 3.94. The molecule has 1 aromatic heterocycles. The number of nitrogens with zero attached hydrogens (tertiary/aromatic N) is 3. The highest BCUT2D eigenvalue weighted by molar-refractivity contribution is 7.91. The molecule has 33 heavy (non-hydrogen) atoms. The maximum Gasteiger partial charge on any atom is 0.221 e. The van der Waals surface area contributed by atoms with Crippen molar-refractivity contribution in [2.45, 2.75) is 25.2 Å². The van der Waals surface area contributed by atoms with E-state index in [9.17, 15) is 13.2 Å². The normalized spacial score (nSPS) is 15.2. The van der Waals surface area contributed by atoms with E-state index in [1.165, 1.54) is 15.8 Å². The van der Waals surface area contributed by atoms with Crippen LogP contribution in [-0.4, -0.2) is 69.2 Å². The summed E-state index contributed by atoms with van der Waals surface area (Å²) in [4.78, 5) is 21.9. The average Bonchev–Trinajstić information content (AvgIpc) is 3.28. The van der Waals surface area contributed by atoms with Gasteiger partial charge in [0, 0.05) is 45.7 Å². The van der Waals surface area contributed by atoms with Crippen LogP contribution in [0.4, 0.5) is 5.13 Å². The molecular formula is C24H30N4O3S2. The molecule has 0 aliphatic carbocycles. The zero-order valence-corrected chi connectivity index (χ0v) is 20.7. The molecule has 7 nitrogen and oxygen atoms in total. The summed E-state index contributed by atoms with van der Waals surface area (Å²) in [6.45, 7) is 9.13. The second kappa shape index (κ2) is 10.2. The summed E-state index contributed by atoms with van der Waals surface area (Å²) in [5.41, 5.74) is 3.59. The molecule has 1 aliphatic heterocycles. The second-order valence-electron chi connectivity index (χ2n) is 8.43. The summed E-state index contributed by atoms with van der Waals surface area (Å²) in [7, 11) is -3.43. The van der Waals surface area contributed by atoms with Gasteiger partial charge < -0.3 is 10.2 Å². The largest absolute Gasteiger partial charge is 0.355 e. The molecule has 4 rings (SSSR count). The number of piperazine rings is 1. The lowest BCUT2D eigenvalue weighted by atomic mass is 10.1. The van der Waals surface area contributed by atoms with E-state index in [-0.39, 0.29) is 23.0 Å². The summed E-state index contributed by atoms with van der Waals surface area (Å²) in [6.07, 6.45) is -0.0263. The number of nitrogens with one attached hydrogen (secondary N) is 1. The molecule has 176 valence electrons. The number of thiazole rings is 1. The first kappa shape index (κ1) is 23.7. The lowest BCUT2D eigenvalue weighted by molar-refractivity contribution is -0.120. The van der Waals surface area contributed by atoms with E-state index in [1.54, 1.807) is 41.7 Å². The van der Waals surface area contributed by atoms with Gasteiger partial charge in [0.05, 0.1) is 20.9 Å². The van der Waals surface area contributed by atoms with Crippen molar-refractivity contribution >= 4 is 42.4 Å². The summed E-state index contributed by atoms with van der Waals surface area (Å²) >= 11 is 1.76. The number of amides is 1. The minimum Gasteiger partial charge on any atom is -0.355 e. The smallest absolute Gasteiger partial charge is 0.221 e. The summed E-state index contributed by atoms with van der Waals surface area (Å²) in [5.74, 6) is -0.406. The molecule has 0 radical (unpaired) electrons. The molecule has 0 saturated carbocycles. The van der Waals surface area contributed by atoms with Crippen LogP contribution in [0.3, 0.4) is 0 Å². The van der Waals surface area contributed by atoms with Gasteiger partial charge >= 0.3 is 0 Å². The predicted molar refractivity (Wildman–Crippen MR) is 134 cm³/mol. The van der Waals surface area contributed by atoms with Gasteiger partial charge in [0.1, 0.15) is 0 Å². The number of benzene rings is 2. The van der Waals surface area contributed by atoms with Crippen LogP contribution in [0.15, 0.2) is 47.4 Å². The number of carbonyl (C=O) groups excluding carboxylic acids is 1. The minimum atomic E-state index is -3.43. The minimum absolute atomic E-state index is 0.0263. The molecule has 0 unspecified atom stereocenters. The van der Waals surface area contributed by atoms with E-state index in [0.717, 1.165) is 43.4 Å². The van der Waals surface area contributed by atoms with Crippen molar-refractivity contribution in [3.05, 3.63) is 53.6 Å². The van der Waals surface area contributed by atoms with Crippen LogP contribution in [0.25, 0.3) is 10.2 Å². The first-order valence-electron chi connectivity index (χ1n) is 11.2. The molecule has 1 N–H and O–H groups in total. The Morgan fingerprint density at radius 2 is 1.73 bits per heavy atom. The Bertz CT molecular complexity index is 1180. The van der Waals surface area contributed by atoms with E-state index in [1.807, 2.05) is 0 Å². The van der Waals surface area contributed by atoms with Crippen molar-refractivity contribution in [3.63, 3.8) is 0 Å². The Hall–Kier alpha value is -2.49. The number of rotatable bonds is 8. The van der Waals surface area contributed by atoms with Crippen molar-refractivity contribution in [3.8, 4) is 0 Å². The van der Waals surface area contributed by atoms with Gasteiger partial charge in [0.2, 0.25) is 5.91 Å². The Morgan fingerprint density at radius 3 is 2.42 bits per heavy atom. The zero-order valence-electron chi connectivity index (χ0n) is 19.1. The highest BCUT2D eigenvalue weighted by Crippen LogP contribution is 2.33. The highest BCUT2D eigenvalue weighted by Gasteiger charge is 2.21. The fraction of sp³-hybridized carbons (Fsp3) is 0.417. The molecule has 9 heteroatoms. The van der Waals surface area contributed by atoms with Gasteiger partial charge in [0.15, 0.2) is 15.0 Å². The van der Waals surface area contributed by atoms with Crippen molar-refractivity contribution in [2.24, 2.45) is 0 Å². The Balaban J connectivity index is 1.20. The van der Waals surface area contributed by atoms with Crippen LogP contribution in [0.2, 0.25) is 0 Å². The molecule has 0 spiro atoms. The van der Waals surface area contributed by atoms with Crippen LogP contribution in [0.5, 0.6) is 0 Å². The van der Waals surface area contributed by atoms with Crippen molar-refractivity contribution < 1.29 is 13.2 Å². The van der Waals surface area contributed by atoms with Crippen LogP contribution in [0, 0.1) is 13.8 Å². The Morgan fingerprint density at radius 1 is 1.03 bits per heavy atom. The van der Waals surface area contributed by atoms with E-state index in [2.05, 4.69) is 41.1 Å². The zero-order chi connectivity index (χ0) is 23.4. The standard InChI is InChI=1S/C24H30N4O3S2/c1-18-8-9-19(2)23-22(18)26-24(32-23)28-15-13-27(14-16-28)12-11-25-21(29)10-17-33(30,31)20-6-4-3-5-7-20/h3-9H,10-17H2,1-2H3,(H,25,29). The molecule has 2 aromatic carbocycles. The molecule has 0 atom stereocenters. The van der Waals surface area contributed by atoms with Crippen LogP contribution in [0.1, 0.15) is 17.5 Å². The lowest BCUT2D eigenvalue weighted by Crippen LogP contribution is -2.48. The number of aryl methyl sites for hydroxylation is 2. The SMILES string of the molecule is Cc1ccc(C)c2sc(N3CCN(CCNC(=O)CCS(=O)(=O)c4ccccc4)CC3)nc12. The number of sulfone groups is 1. The molecule has 1 aliphatic rings. The van der Waals surface area contributed by atoms with Crippen molar-refractivity contribution in [1.82, 2.24) is 15.2 Å². The third-order valence-corrected chi connectivity index (χ3v) is 9.01. The second-order valence-corrected chi connectivity index (χ2v) is 11.5. The Kier molecular flexibility index (Phi) is 7.31. The molecule has 2 heterocycles. The van der Waals surface area contributed by atoms with E-state index < -0.39 is 9.84 Å². The van der Waals surface area contributed by atoms with Gasteiger partial charge in [-0.05, 0) is 37.1 Å². The fourth-order valence-electron chi connectivity index (χ4n) is 3.96. The van der Waals surface area contributed by atoms with Crippen LogP contribution < -0.4 is 10.2 Å².